The van der Waals surface area contributed by atoms with Crippen LogP contribution < -0.4 is 0 Å². The van der Waals surface area contributed by atoms with Crippen LogP contribution in [0.25, 0.3) is 0 Å². The summed E-state index contributed by atoms with van der Waals surface area (Å²) in [7, 11) is 0. The molecule has 2 aromatic carbocycles. The highest BCUT2D eigenvalue weighted by atomic mass is 16.7. The molecule has 3 saturated heterocycles. The van der Waals surface area contributed by atoms with Crippen molar-refractivity contribution in [2.75, 3.05) is 6.61 Å². The van der Waals surface area contributed by atoms with Crippen molar-refractivity contribution < 1.29 is 24.4 Å². The average molecular weight is 355 g/mol. The third-order valence-corrected chi connectivity index (χ3v) is 5.83. The van der Waals surface area contributed by atoms with Gasteiger partial charge in [0.25, 0.3) is 0 Å². The van der Waals surface area contributed by atoms with Gasteiger partial charge in [-0.15, -0.1) is 0 Å². The van der Waals surface area contributed by atoms with Crippen molar-refractivity contribution in [3.63, 3.8) is 0 Å². The maximum absolute atomic E-state index is 10.4. The first kappa shape index (κ1) is 16.1. The van der Waals surface area contributed by atoms with E-state index >= 15 is 0 Å². The van der Waals surface area contributed by atoms with Gasteiger partial charge in [0.1, 0.15) is 41.4 Å². The zero-order chi connectivity index (χ0) is 18.1. The molecule has 3 aliphatic rings. The molecule has 136 valence electrons. The molecule has 0 radical (unpaired) electrons. The topological polar surface area (TPSA) is 71.4 Å². The number of phenolic OH excluding ortho intramolecular Hbond substituents is 2. The predicted molar refractivity (Wildman–Crippen MR) is 92.2 cm³/mol. The number of nitrogens with zero attached hydrogens (tertiary/aromatic N) is 1. The summed E-state index contributed by atoms with van der Waals surface area (Å²) in [5.41, 5.74) is -0.334. The molecule has 0 aromatic heterocycles. The minimum absolute atomic E-state index is 0.174. The van der Waals surface area contributed by atoms with E-state index in [0.717, 1.165) is 0 Å². The van der Waals surface area contributed by atoms with E-state index in [-0.39, 0.29) is 24.0 Å². The highest BCUT2D eigenvalue weighted by Gasteiger charge is 2.68. The third kappa shape index (κ3) is 1.90. The van der Waals surface area contributed by atoms with Gasteiger partial charge in [0.2, 0.25) is 0 Å². The van der Waals surface area contributed by atoms with Gasteiger partial charge in [-0.2, -0.15) is 0 Å². The summed E-state index contributed by atoms with van der Waals surface area (Å²) >= 11 is 0. The smallest absolute Gasteiger partial charge is 0.149 e. The van der Waals surface area contributed by atoms with Crippen LogP contribution in [0.2, 0.25) is 0 Å². The summed E-state index contributed by atoms with van der Waals surface area (Å²) in [5.74, 6) is 0.349. The summed E-state index contributed by atoms with van der Waals surface area (Å²) in [6.07, 6.45) is -1.08. The van der Waals surface area contributed by atoms with Crippen LogP contribution >= 0.6 is 0 Å². The van der Waals surface area contributed by atoms with Crippen LogP contribution in [0.5, 0.6) is 11.5 Å². The SMILES string of the molecule is C[C@@]1(c2ccccc2O)O[C@H]2N3[C@H](CO[C@H]31)O[C@]2(C)c1ccccc1O. The maximum Gasteiger partial charge on any atom is 0.149 e. The van der Waals surface area contributed by atoms with Crippen molar-refractivity contribution in [1.29, 1.82) is 0 Å². The summed E-state index contributed by atoms with van der Waals surface area (Å²) in [6, 6.07) is 14.3. The second-order valence-corrected chi connectivity index (χ2v) is 7.42. The second kappa shape index (κ2) is 5.20. The molecule has 5 atom stereocenters. The van der Waals surface area contributed by atoms with Crippen molar-refractivity contribution in [2.24, 2.45) is 0 Å². The second-order valence-electron chi connectivity index (χ2n) is 7.42. The molecule has 3 fully saturated rings. The number of hydrogen-bond donors (Lipinski definition) is 2. The molecule has 0 bridgehead atoms. The van der Waals surface area contributed by atoms with Gasteiger partial charge in [0, 0.05) is 11.1 Å². The molecule has 0 spiro atoms. The van der Waals surface area contributed by atoms with Gasteiger partial charge in [-0.1, -0.05) is 36.4 Å². The molecular weight excluding hydrogens is 334 g/mol. The molecule has 0 amide bonds. The first-order valence-electron chi connectivity index (χ1n) is 8.77. The largest absolute Gasteiger partial charge is 0.508 e. The zero-order valence-electron chi connectivity index (χ0n) is 14.6. The van der Waals surface area contributed by atoms with Crippen LogP contribution in [-0.2, 0) is 25.4 Å². The van der Waals surface area contributed by atoms with Gasteiger partial charge in [-0.25, -0.2) is 4.90 Å². The Hall–Kier alpha value is -2.12. The number of para-hydroxylation sites is 2. The Labute approximate surface area is 151 Å². The number of rotatable bonds is 2. The van der Waals surface area contributed by atoms with Crippen LogP contribution in [0.1, 0.15) is 25.0 Å². The fraction of sp³-hybridized carbons (Fsp3) is 0.400. The van der Waals surface area contributed by atoms with Crippen LogP contribution in [-0.4, -0.2) is 40.4 Å². The Morgan fingerprint density at radius 3 is 1.96 bits per heavy atom. The fourth-order valence-electron chi connectivity index (χ4n) is 4.58. The first-order chi connectivity index (χ1) is 12.4. The zero-order valence-corrected chi connectivity index (χ0v) is 14.6. The van der Waals surface area contributed by atoms with Crippen molar-refractivity contribution in [3.8, 4) is 11.5 Å². The van der Waals surface area contributed by atoms with E-state index < -0.39 is 17.4 Å². The first-order valence-corrected chi connectivity index (χ1v) is 8.77. The molecule has 0 saturated carbocycles. The molecule has 6 heteroatoms. The molecule has 6 nitrogen and oxygen atoms in total. The van der Waals surface area contributed by atoms with E-state index in [1.807, 2.05) is 38.1 Å². The van der Waals surface area contributed by atoms with Crippen molar-refractivity contribution in [2.45, 2.75) is 43.7 Å². The van der Waals surface area contributed by atoms with E-state index in [1.54, 1.807) is 24.3 Å². The average Bonchev–Trinajstić information content (AvgIpc) is 3.24. The minimum atomic E-state index is -0.847. The molecule has 3 aliphatic heterocycles. The van der Waals surface area contributed by atoms with E-state index in [9.17, 15) is 10.2 Å². The minimum Gasteiger partial charge on any atom is -0.508 e. The molecule has 2 N–H and O–H groups in total. The summed E-state index contributed by atoms with van der Waals surface area (Å²) in [5, 5.41) is 20.8. The third-order valence-electron chi connectivity index (χ3n) is 5.83. The number of ether oxygens (including phenoxy) is 3. The predicted octanol–water partition coefficient (Wildman–Crippen LogP) is 2.60. The summed E-state index contributed by atoms with van der Waals surface area (Å²) in [4.78, 5) is 2.07. The van der Waals surface area contributed by atoms with Gasteiger partial charge < -0.3 is 24.4 Å². The molecule has 0 aliphatic carbocycles. The van der Waals surface area contributed by atoms with E-state index in [4.69, 9.17) is 14.2 Å². The number of benzene rings is 2. The van der Waals surface area contributed by atoms with Gasteiger partial charge in [-0.05, 0) is 26.0 Å². The lowest BCUT2D eigenvalue weighted by atomic mass is 9.93. The summed E-state index contributed by atoms with van der Waals surface area (Å²) < 4.78 is 18.8. The summed E-state index contributed by atoms with van der Waals surface area (Å²) in [6.45, 7) is 4.27. The Balaban J connectivity index is 1.62. The van der Waals surface area contributed by atoms with Crippen LogP contribution in [0.4, 0.5) is 0 Å². The number of phenols is 2. The Morgan fingerprint density at radius 1 is 0.846 bits per heavy atom. The molecule has 26 heavy (non-hydrogen) atoms. The van der Waals surface area contributed by atoms with Crippen molar-refractivity contribution in [3.05, 3.63) is 59.7 Å². The van der Waals surface area contributed by atoms with Crippen LogP contribution in [0.15, 0.2) is 48.5 Å². The highest BCUT2D eigenvalue weighted by Crippen LogP contribution is 2.57. The van der Waals surface area contributed by atoms with Gasteiger partial charge >= 0.3 is 0 Å². The van der Waals surface area contributed by atoms with E-state index in [0.29, 0.717) is 17.7 Å². The van der Waals surface area contributed by atoms with Crippen molar-refractivity contribution in [1.82, 2.24) is 4.90 Å². The monoisotopic (exact) mass is 355 g/mol. The van der Waals surface area contributed by atoms with Gasteiger partial charge in [0.05, 0.1) is 6.61 Å². The lowest BCUT2D eigenvalue weighted by molar-refractivity contribution is -0.139. The van der Waals surface area contributed by atoms with Gasteiger partial charge in [-0.3, -0.25) is 0 Å². The van der Waals surface area contributed by atoms with Crippen molar-refractivity contribution >= 4 is 0 Å². The highest BCUT2D eigenvalue weighted by molar-refractivity contribution is 5.41. The Morgan fingerprint density at radius 2 is 1.38 bits per heavy atom. The molecule has 5 rings (SSSR count). The Bertz CT molecular complexity index is 827. The van der Waals surface area contributed by atoms with E-state index in [1.165, 1.54) is 0 Å². The molecule has 2 aromatic rings. The van der Waals surface area contributed by atoms with Gasteiger partial charge in [0.15, 0.2) is 0 Å². The standard InChI is InChI=1S/C20H21NO5/c1-19(12-7-3-5-9-14(12)22)17-21-16(11-24-17)25-20(2,18(21)26-19)13-8-4-6-10-15(13)23/h3-10,16-18,22-23H,11H2,1-2H3/t16-,17-,18+,19-,20+/m0/s1. The number of aromatic hydroxyl groups is 2. The normalized spacial score (nSPS) is 38.6. The quantitative estimate of drug-likeness (QED) is 0.863. The van der Waals surface area contributed by atoms with Crippen LogP contribution in [0, 0.1) is 0 Å². The van der Waals surface area contributed by atoms with E-state index in [2.05, 4.69) is 4.90 Å². The lowest BCUT2D eigenvalue weighted by Gasteiger charge is -2.33. The molecule has 3 heterocycles. The van der Waals surface area contributed by atoms with Crippen LogP contribution in [0.3, 0.4) is 0 Å². The Kier molecular flexibility index (Phi) is 3.22. The number of hydrogen-bond acceptors (Lipinski definition) is 6. The lowest BCUT2D eigenvalue weighted by Crippen LogP contribution is -2.40. The maximum atomic E-state index is 10.4. The molecule has 0 unspecified atom stereocenters. The molecular formula is C20H21NO5. The fourth-order valence-corrected chi connectivity index (χ4v) is 4.58.